The van der Waals surface area contributed by atoms with Crippen LogP contribution in [0.4, 0.5) is 5.69 Å². The maximum atomic E-state index is 12.8. The molecule has 7 nitrogen and oxygen atoms in total. The van der Waals surface area contributed by atoms with Gasteiger partial charge in [0.2, 0.25) is 5.91 Å². The van der Waals surface area contributed by atoms with Crippen molar-refractivity contribution in [2.24, 2.45) is 10.9 Å². The Morgan fingerprint density at radius 2 is 2.00 bits per heavy atom. The van der Waals surface area contributed by atoms with Gasteiger partial charge in [-0.05, 0) is 30.8 Å². The Balaban J connectivity index is 1.69. The van der Waals surface area contributed by atoms with Gasteiger partial charge in [-0.25, -0.2) is 4.98 Å². The molecular formula is C18H19N5O2S. The SMILES string of the molecule is CN1C(=O)[C@@H](C=NCCCn2ccnc2)C(=O)N(c2ccccc2)C1=S. The van der Waals surface area contributed by atoms with Crippen LogP contribution in [0.3, 0.4) is 0 Å². The first-order valence-corrected chi connectivity index (χ1v) is 8.66. The number of thiocarbonyl (C=S) groups is 1. The minimum absolute atomic E-state index is 0.177. The maximum absolute atomic E-state index is 12.8. The fraction of sp³-hybridized carbons (Fsp3) is 0.278. The quantitative estimate of drug-likeness (QED) is 0.337. The Morgan fingerprint density at radius 1 is 1.23 bits per heavy atom. The first-order valence-electron chi connectivity index (χ1n) is 8.26. The Bertz CT molecular complexity index is 819. The summed E-state index contributed by atoms with van der Waals surface area (Å²) in [7, 11) is 1.58. The number of amides is 2. The molecule has 1 atom stereocenters. The standard InChI is InChI=1S/C18H19N5O2S/c1-21-16(24)15(12-19-8-5-10-22-11-9-20-13-22)17(25)23(18(21)26)14-6-3-2-4-7-14/h2-4,6-7,9,11-13,15H,5,8,10H2,1H3/t15-/m1/s1. The third kappa shape index (κ3) is 3.70. The molecule has 3 rings (SSSR count). The fourth-order valence-corrected chi connectivity index (χ4v) is 2.96. The van der Waals surface area contributed by atoms with E-state index < -0.39 is 5.92 Å². The van der Waals surface area contributed by atoms with Crippen LogP contribution < -0.4 is 4.90 Å². The van der Waals surface area contributed by atoms with E-state index in [1.165, 1.54) is 16.0 Å². The summed E-state index contributed by atoms with van der Waals surface area (Å²) in [6.45, 7) is 1.30. The number of aliphatic imine (C=N–C) groups is 1. The van der Waals surface area contributed by atoms with Crippen LogP contribution in [-0.4, -0.2) is 51.2 Å². The lowest BCUT2D eigenvalue weighted by Crippen LogP contribution is -2.59. The molecule has 1 aromatic heterocycles. The topological polar surface area (TPSA) is 70.8 Å². The number of para-hydroxylation sites is 1. The van der Waals surface area contributed by atoms with Gasteiger partial charge < -0.3 is 4.57 Å². The normalized spacial score (nSPS) is 18.2. The average Bonchev–Trinajstić information content (AvgIpc) is 3.17. The summed E-state index contributed by atoms with van der Waals surface area (Å²) in [5, 5.41) is 0.177. The first kappa shape index (κ1) is 17.9. The molecule has 0 bridgehead atoms. The van der Waals surface area contributed by atoms with Gasteiger partial charge in [-0.1, -0.05) is 18.2 Å². The lowest BCUT2D eigenvalue weighted by Gasteiger charge is -2.36. The minimum atomic E-state index is -0.958. The van der Waals surface area contributed by atoms with Crippen LogP contribution in [0.5, 0.6) is 0 Å². The van der Waals surface area contributed by atoms with Crippen LogP contribution in [0.25, 0.3) is 0 Å². The van der Waals surface area contributed by atoms with Crippen LogP contribution in [-0.2, 0) is 16.1 Å². The third-order valence-electron chi connectivity index (χ3n) is 4.09. The zero-order valence-electron chi connectivity index (χ0n) is 14.4. The molecule has 1 aromatic carbocycles. The highest BCUT2D eigenvalue weighted by molar-refractivity contribution is 7.80. The number of aryl methyl sites for hydroxylation is 1. The van der Waals surface area contributed by atoms with E-state index in [0.717, 1.165) is 13.0 Å². The molecule has 0 aliphatic carbocycles. The number of imidazole rings is 1. The molecule has 1 saturated heterocycles. The Labute approximate surface area is 157 Å². The van der Waals surface area contributed by atoms with E-state index in [1.807, 2.05) is 29.0 Å². The van der Waals surface area contributed by atoms with Crippen LogP contribution in [0.15, 0.2) is 54.0 Å². The van der Waals surface area contributed by atoms with Crippen molar-refractivity contribution in [3.63, 3.8) is 0 Å². The monoisotopic (exact) mass is 369 g/mol. The van der Waals surface area contributed by atoms with Gasteiger partial charge in [0.15, 0.2) is 11.0 Å². The summed E-state index contributed by atoms with van der Waals surface area (Å²) >= 11 is 5.30. The number of carbonyl (C=O) groups excluding carboxylic acids is 2. The van der Waals surface area contributed by atoms with Crippen molar-refractivity contribution in [1.29, 1.82) is 0 Å². The van der Waals surface area contributed by atoms with E-state index in [0.29, 0.717) is 12.2 Å². The Kier molecular flexibility index (Phi) is 5.52. The number of carbonyl (C=O) groups is 2. The number of hydrogen-bond donors (Lipinski definition) is 0. The second-order valence-electron chi connectivity index (χ2n) is 5.88. The van der Waals surface area contributed by atoms with Crippen molar-refractivity contribution >= 4 is 41.0 Å². The Morgan fingerprint density at radius 3 is 2.69 bits per heavy atom. The maximum Gasteiger partial charge on any atom is 0.251 e. The summed E-state index contributed by atoms with van der Waals surface area (Å²) in [6.07, 6.45) is 7.57. The van der Waals surface area contributed by atoms with Gasteiger partial charge in [-0.15, -0.1) is 0 Å². The summed E-state index contributed by atoms with van der Waals surface area (Å²) in [5.41, 5.74) is 0.639. The van der Waals surface area contributed by atoms with E-state index in [-0.39, 0.29) is 16.9 Å². The highest BCUT2D eigenvalue weighted by atomic mass is 32.1. The number of hydrogen-bond acceptors (Lipinski definition) is 5. The van der Waals surface area contributed by atoms with Crippen LogP contribution in [0.1, 0.15) is 6.42 Å². The number of benzene rings is 1. The third-order valence-corrected chi connectivity index (χ3v) is 4.55. The van der Waals surface area contributed by atoms with E-state index in [4.69, 9.17) is 12.2 Å². The van der Waals surface area contributed by atoms with Gasteiger partial charge in [0.1, 0.15) is 0 Å². The highest BCUT2D eigenvalue weighted by Gasteiger charge is 2.41. The predicted molar refractivity (Wildman–Crippen MR) is 103 cm³/mol. The minimum Gasteiger partial charge on any atom is -0.337 e. The lowest BCUT2D eigenvalue weighted by molar-refractivity contribution is -0.135. The smallest absolute Gasteiger partial charge is 0.251 e. The van der Waals surface area contributed by atoms with Gasteiger partial charge >= 0.3 is 0 Å². The number of anilines is 1. The molecule has 2 heterocycles. The van der Waals surface area contributed by atoms with Gasteiger partial charge in [0.05, 0.1) is 12.0 Å². The van der Waals surface area contributed by atoms with Crippen LogP contribution in [0, 0.1) is 5.92 Å². The van der Waals surface area contributed by atoms with Crippen LogP contribution in [0.2, 0.25) is 0 Å². The van der Waals surface area contributed by atoms with E-state index in [2.05, 4.69) is 9.98 Å². The zero-order chi connectivity index (χ0) is 18.5. The largest absolute Gasteiger partial charge is 0.337 e. The summed E-state index contributed by atoms with van der Waals surface area (Å²) < 4.78 is 1.95. The van der Waals surface area contributed by atoms with Crippen molar-refractivity contribution in [3.8, 4) is 0 Å². The van der Waals surface area contributed by atoms with Crippen molar-refractivity contribution in [2.45, 2.75) is 13.0 Å². The molecular weight excluding hydrogens is 350 g/mol. The molecule has 0 unspecified atom stereocenters. The predicted octanol–water partition coefficient (Wildman–Crippen LogP) is 1.75. The van der Waals surface area contributed by atoms with E-state index >= 15 is 0 Å². The summed E-state index contributed by atoms with van der Waals surface area (Å²) in [6, 6.07) is 9.07. The molecule has 2 amide bonds. The Hall–Kier alpha value is -2.87. The second kappa shape index (κ2) is 8.01. The lowest BCUT2D eigenvalue weighted by atomic mass is 10.0. The molecule has 26 heavy (non-hydrogen) atoms. The highest BCUT2D eigenvalue weighted by Crippen LogP contribution is 2.23. The molecule has 0 spiro atoms. The average molecular weight is 369 g/mol. The second-order valence-corrected chi connectivity index (χ2v) is 6.24. The molecule has 0 saturated carbocycles. The zero-order valence-corrected chi connectivity index (χ0v) is 15.2. The molecule has 0 N–H and O–H groups in total. The van der Waals surface area contributed by atoms with E-state index in [1.54, 1.807) is 31.7 Å². The molecule has 2 aromatic rings. The van der Waals surface area contributed by atoms with Crippen molar-refractivity contribution < 1.29 is 9.59 Å². The van der Waals surface area contributed by atoms with Gasteiger partial charge in [-0.3, -0.25) is 24.4 Å². The fourth-order valence-electron chi connectivity index (χ4n) is 2.68. The van der Waals surface area contributed by atoms with Crippen molar-refractivity contribution in [2.75, 3.05) is 18.5 Å². The summed E-state index contributed by atoms with van der Waals surface area (Å²) in [4.78, 5) is 36.3. The first-order chi connectivity index (χ1) is 12.6. The molecule has 8 heteroatoms. The summed E-state index contributed by atoms with van der Waals surface area (Å²) in [5.74, 6) is -1.69. The molecule has 1 aliphatic rings. The van der Waals surface area contributed by atoms with Crippen molar-refractivity contribution in [3.05, 3.63) is 49.1 Å². The van der Waals surface area contributed by atoms with Crippen molar-refractivity contribution in [1.82, 2.24) is 14.5 Å². The number of aromatic nitrogens is 2. The molecule has 0 radical (unpaired) electrons. The molecule has 134 valence electrons. The van der Waals surface area contributed by atoms with Gasteiger partial charge in [-0.2, -0.15) is 0 Å². The number of nitrogens with zero attached hydrogens (tertiary/aromatic N) is 5. The molecule has 1 fully saturated rings. The van der Waals surface area contributed by atoms with Gasteiger partial charge in [0.25, 0.3) is 5.91 Å². The number of rotatable bonds is 6. The molecule has 1 aliphatic heterocycles. The van der Waals surface area contributed by atoms with E-state index in [9.17, 15) is 9.59 Å². The van der Waals surface area contributed by atoms with Gasteiger partial charge in [0, 0.05) is 38.7 Å². The van der Waals surface area contributed by atoms with Crippen LogP contribution >= 0.6 is 12.2 Å².